The molecule has 0 aliphatic carbocycles. The SMILES string of the molecule is COc1ccc(-c2nc(-c3ccc(S(=O)(=O)N4CCCC4)cc3)cs2)cc1. The number of benzene rings is 2. The predicted molar refractivity (Wildman–Crippen MR) is 108 cm³/mol. The van der Waals surface area contributed by atoms with E-state index in [1.54, 1.807) is 34.9 Å². The summed E-state index contributed by atoms with van der Waals surface area (Å²) in [5.74, 6) is 0.810. The first-order valence-corrected chi connectivity index (χ1v) is 11.1. The van der Waals surface area contributed by atoms with Crippen molar-refractivity contribution in [2.45, 2.75) is 17.7 Å². The zero-order valence-electron chi connectivity index (χ0n) is 15.0. The highest BCUT2D eigenvalue weighted by Gasteiger charge is 2.27. The van der Waals surface area contributed by atoms with Crippen LogP contribution in [-0.2, 0) is 10.0 Å². The molecule has 0 bridgehead atoms. The van der Waals surface area contributed by atoms with Gasteiger partial charge in [0.1, 0.15) is 10.8 Å². The van der Waals surface area contributed by atoms with E-state index in [1.807, 2.05) is 41.8 Å². The predicted octanol–water partition coefficient (Wildman–Crippen LogP) is 4.27. The Balaban J connectivity index is 1.56. The topological polar surface area (TPSA) is 59.5 Å². The molecule has 0 saturated carbocycles. The van der Waals surface area contributed by atoms with Gasteiger partial charge in [0.25, 0.3) is 0 Å². The average Bonchev–Trinajstić information content (AvgIpc) is 3.41. The van der Waals surface area contributed by atoms with Crippen molar-refractivity contribution in [3.8, 4) is 27.6 Å². The van der Waals surface area contributed by atoms with Gasteiger partial charge in [-0.1, -0.05) is 12.1 Å². The van der Waals surface area contributed by atoms with E-state index >= 15 is 0 Å². The molecule has 3 aromatic rings. The minimum absolute atomic E-state index is 0.346. The zero-order chi connectivity index (χ0) is 18.9. The summed E-state index contributed by atoms with van der Waals surface area (Å²) in [4.78, 5) is 5.04. The molecule has 0 spiro atoms. The van der Waals surface area contributed by atoms with E-state index in [1.165, 1.54) is 0 Å². The first-order chi connectivity index (χ1) is 13.1. The van der Waals surface area contributed by atoms with Gasteiger partial charge in [0, 0.05) is 29.6 Å². The molecule has 0 radical (unpaired) electrons. The molecule has 4 rings (SSSR count). The van der Waals surface area contributed by atoms with Crippen LogP contribution < -0.4 is 4.74 Å². The van der Waals surface area contributed by atoms with E-state index in [0.717, 1.165) is 40.4 Å². The molecule has 140 valence electrons. The summed E-state index contributed by atoms with van der Waals surface area (Å²) in [5.41, 5.74) is 2.78. The smallest absolute Gasteiger partial charge is 0.243 e. The van der Waals surface area contributed by atoms with Gasteiger partial charge in [-0.25, -0.2) is 13.4 Å². The standard InChI is InChI=1S/C20H20N2O3S2/c1-25-17-8-4-16(5-9-17)20-21-19(14-26-20)15-6-10-18(11-7-15)27(23,24)22-12-2-3-13-22/h4-11,14H,2-3,12-13H2,1H3. The van der Waals surface area contributed by atoms with E-state index in [0.29, 0.717) is 18.0 Å². The van der Waals surface area contributed by atoms with Gasteiger partial charge in [-0.05, 0) is 49.2 Å². The Bertz CT molecular complexity index is 1020. The maximum absolute atomic E-state index is 12.6. The van der Waals surface area contributed by atoms with E-state index in [9.17, 15) is 8.42 Å². The molecular weight excluding hydrogens is 380 g/mol. The van der Waals surface area contributed by atoms with E-state index in [4.69, 9.17) is 9.72 Å². The number of rotatable bonds is 5. The van der Waals surface area contributed by atoms with E-state index in [-0.39, 0.29) is 0 Å². The molecule has 7 heteroatoms. The second-order valence-electron chi connectivity index (χ2n) is 6.40. The van der Waals surface area contributed by atoms with Gasteiger partial charge in [0.05, 0.1) is 17.7 Å². The maximum Gasteiger partial charge on any atom is 0.243 e. The molecule has 1 saturated heterocycles. The summed E-state index contributed by atoms with van der Waals surface area (Å²) in [5, 5.41) is 2.91. The molecule has 27 heavy (non-hydrogen) atoms. The minimum Gasteiger partial charge on any atom is -0.497 e. The van der Waals surface area contributed by atoms with Crippen LogP contribution in [-0.4, -0.2) is 37.9 Å². The van der Waals surface area contributed by atoms with Crippen LogP contribution >= 0.6 is 11.3 Å². The first kappa shape index (κ1) is 18.2. The van der Waals surface area contributed by atoms with Crippen LogP contribution in [0.5, 0.6) is 5.75 Å². The second kappa shape index (κ2) is 7.42. The summed E-state index contributed by atoms with van der Waals surface area (Å²) in [6.07, 6.45) is 1.87. The van der Waals surface area contributed by atoms with Crippen molar-refractivity contribution < 1.29 is 13.2 Å². The largest absolute Gasteiger partial charge is 0.497 e. The monoisotopic (exact) mass is 400 g/mol. The minimum atomic E-state index is -3.38. The fraction of sp³-hybridized carbons (Fsp3) is 0.250. The third kappa shape index (κ3) is 3.63. The molecule has 2 heterocycles. The van der Waals surface area contributed by atoms with Gasteiger partial charge in [0.15, 0.2) is 0 Å². The summed E-state index contributed by atoms with van der Waals surface area (Å²) < 4.78 is 32.0. The fourth-order valence-corrected chi connectivity index (χ4v) is 5.50. The van der Waals surface area contributed by atoms with Crippen molar-refractivity contribution in [3.05, 3.63) is 53.9 Å². The highest BCUT2D eigenvalue weighted by atomic mass is 32.2. The summed E-state index contributed by atoms with van der Waals surface area (Å²) >= 11 is 1.56. The molecule has 1 fully saturated rings. The number of ether oxygens (including phenoxy) is 1. The Morgan fingerprint density at radius 1 is 0.963 bits per heavy atom. The second-order valence-corrected chi connectivity index (χ2v) is 9.20. The Hall–Kier alpha value is -2.22. The van der Waals surface area contributed by atoms with Gasteiger partial charge < -0.3 is 4.74 Å². The van der Waals surface area contributed by atoms with Crippen molar-refractivity contribution in [1.29, 1.82) is 0 Å². The number of hydrogen-bond acceptors (Lipinski definition) is 5. The molecule has 0 atom stereocenters. The molecule has 1 aliphatic heterocycles. The van der Waals surface area contributed by atoms with Gasteiger partial charge in [0.2, 0.25) is 10.0 Å². The van der Waals surface area contributed by atoms with Gasteiger partial charge in [-0.15, -0.1) is 11.3 Å². The molecule has 0 amide bonds. The highest BCUT2D eigenvalue weighted by molar-refractivity contribution is 7.89. The number of methoxy groups -OCH3 is 1. The van der Waals surface area contributed by atoms with Crippen molar-refractivity contribution in [2.24, 2.45) is 0 Å². The lowest BCUT2D eigenvalue weighted by Gasteiger charge is -2.15. The third-order valence-corrected chi connectivity index (χ3v) is 7.50. The van der Waals surface area contributed by atoms with Crippen molar-refractivity contribution in [1.82, 2.24) is 9.29 Å². The van der Waals surface area contributed by atoms with Gasteiger partial charge >= 0.3 is 0 Å². The number of hydrogen-bond donors (Lipinski definition) is 0. The molecular formula is C20H20N2O3S2. The Labute approximate surface area is 163 Å². The normalized spacial score (nSPS) is 15.1. The van der Waals surface area contributed by atoms with Crippen molar-refractivity contribution >= 4 is 21.4 Å². The molecule has 1 aliphatic rings. The highest BCUT2D eigenvalue weighted by Crippen LogP contribution is 2.31. The van der Waals surface area contributed by atoms with Gasteiger partial charge in [-0.2, -0.15) is 4.31 Å². The van der Waals surface area contributed by atoms with Crippen LogP contribution in [0.1, 0.15) is 12.8 Å². The molecule has 0 N–H and O–H groups in total. The average molecular weight is 401 g/mol. The zero-order valence-corrected chi connectivity index (χ0v) is 16.6. The van der Waals surface area contributed by atoms with Crippen LogP contribution in [0.4, 0.5) is 0 Å². The third-order valence-electron chi connectivity index (χ3n) is 4.69. The number of aromatic nitrogens is 1. The Morgan fingerprint density at radius 2 is 1.59 bits per heavy atom. The summed E-state index contributed by atoms with van der Waals surface area (Å²) in [6.45, 7) is 1.22. The van der Waals surface area contributed by atoms with Crippen LogP contribution in [0, 0.1) is 0 Å². The first-order valence-electron chi connectivity index (χ1n) is 8.78. The molecule has 5 nitrogen and oxygen atoms in total. The van der Waals surface area contributed by atoms with Crippen molar-refractivity contribution in [2.75, 3.05) is 20.2 Å². The van der Waals surface area contributed by atoms with Crippen LogP contribution in [0.15, 0.2) is 58.8 Å². The number of sulfonamides is 1. The Kier molecular flexibility index (Phi) is 4.99. The van der Waals surface area contributed by atoms with Crippen LogP contribution in [0.3, 0.4) is 0 Å². The summed E-state index contributed by atoms with van der Waals surface area (Å²) in [7, 11) is -1.74. The lowest BCUT2D eigenvalue weighted by atomic mass is 10.2. The molecule has 2 aromatic carbocycles. The van der Waals surface area contributed by atoms with Crippen LogP contribution in [0.25, 0.3) is 21.8 Å². The number of thiazole rings is 1. The fourth-order valence-electron chi connectivity index (χ4n) is 3.15. The molecule has 0 unspecified atom stereocenters. The van der Waals surface area contributed by atoms with E-state index < -0.39 is 10.0 Å². The van der Waals surface area contributed by atoms with Gasteiger partial charge in [-0.3, -0.25) is 0 Å². The number of nitrogens with zero attached hydrogens (tertiary/aromatic N) is 2. The van der Waals surface area contributed by atoms with E-state index in [2.05, 4.69) is 0 Å². The van der Waals surface area contributed by atoms with Crippen LogP contribution in [0.2, 0.25) is 0 Å². The molecule has 1 aromatic heterocycles. The van der Waals surface area contributed by atoms with Crippen molar-refractivity contribution in [3.63, 3.8) is 0 Å². The quantitative estimate of drug-likeness (QED) is 0.642. The Morgan fingerprint density at radius 3 is 2.22 bits per heavy atom. The maximum atomic E-state index is 12.6. The lowest BCUT2D eigenvalue weighted by Crippen LogP contribution is -2.27. The summed E-state index contributed by atoms with van der Waals surface area (Å²) in [6, 6.07) is 14.8. The lowest BCUT2D eigenvalue weighted by molar-refractivity contribution is 0.415.